The number of para-hydroxylation sites is 5. The molecule has 4 nitrogen and oxygen atoms in total. The Kier molecular flexibility index (Phi) is 8.25. The van der Waals surface area contributed by atoms with Crippen LogP contribution in [0.3, 0.4) is 0 Å². The van der Waals surface area contributed by atoms with E-state index in [-0.39, 0.29) is 6.04 Å². The molecule has 0 radical (unpaired) electrons. The van der Waals surface area contributed by atoms with Crippen LogP contribution >= 0.6 is 0 Å². The average Bonchev–Trinajstić information content (AvgIpc) is 3.88. The number of rotatable bonds is 8. The highest BCUT2D eigenvalue weighted by molar-refractivity contribution is 6.10. The van der Waals surface area contributed by atoms with E-state index >= 15 is 0 Å². The van der Waals surface area contributed by atoms with Crippen LogP contribution in [0.2, 0.25) is 0 Å². The maximum atomic E-state index is 6.57. The number of benzene rings is 8. The van der Waals surface area contributed by atoms with Crippen LogP contribution in [-0.4, -0.2) is 0 Å². The minimum atomic E-state index is 0.0244. The molecule has 11 rings (SSSR count). The molecule has 0 N–H and O–H groups in total. The molecule has 0 amide bonds. The summed E-state index contributed by atoms with van der Waals surface area (Å²) in [7, 11) is 0. The molecule has 0 aliphatic heterocycles. The van der Waals surface area contributed by atoms with E-state index in [4.69, 9.17) is 8.83 Å². The van der Waals surface area contributed by atoms with Gasteiger partial charge >= 0.3 is 0 Å². The first-order valence-corrected chi connectivity index (χ1v) is 19.9. The number of nitrogens with zero attached hydrogens (tertiary/aromatic N) is 2. The Morgan fingerprint density at radius 1 is 0.414 bits per heavy atom. The summed E-state index contributed by atoms with van der Waals surface area (Å²) >= 11 is 0. The molecular weight excluding hydrogens is 709 g/mol. The van der Waals surface area contributed by atoms with Gasteiger partial charge in [0, 0.05) is 44.5 Å². The number of hydrogen-bond acceptors (Lipinski definition) is 4. The Bertz CT molecular complexity index is 3090. The van der Waals surface area contributed by atoms with Crippen LogP contribution in [0.25, 0.3) is 61.2 Å². The van der Waals surface area contributed by atoms with Gasteiger partial charge in [0.25, 0.3) is 0 Å². The van der Waals surface area contributed by atoms with Gasteiger partial charge in [-0.05, 0) is 101 Å². The maximum absolute atomic E-state index is 6.57. The molecule has 276 valence electrons. The molecule has 0 bridgehead atoms. The molecule has 2 aromatic heterocycles. The van der Waals surface area contributed by atoms with Crippen LogP contribution in [0.15, 0.2) is 215 Å². The summed E-state index contributed by atoms with van der Waals surface area (Å²) in [5.74, 6) is 1.01. The van der Waals surface area contributed by atoms with Gasteiger partial charge in [0.1, 0.15) is 16.9 Å². The molecule has 10 aromatic rings. The highest BCUT2D eigenvalue weighted by Gasteiger charge is 2.30. The molecular formula is C54H38N2O2. The van der Waals surface area contributed by atoms with E-state index in [9.17, 15) is 0 Å². The van der Waals surface area contributed by atoms with Crippen LogP contribution in [0, 0.1) is 0 Å². The van der Waals surface area contributed by atoms with Crippen molar-refractivity contribution in [3.63, 3.8) is 0 Å². The second-order valence-electron chi connectivity index (χ2n) is 14.8. The van der Waals surface area contributed by atoms with Crippen molar-refractivity contribution in [1.29, 1.82) is 0 Å². The lowest BCUT2D eigenvalue weighted by Gasteiger charge is -2.34. The van der Waals surface area contributed by atoms with Crippen LogP contribution in [0.5, 0.6) is 0 Å². The molecule has 0 fully saturated rings. The van der Waals surface area contributed by atoms with Crippen LogP contribution in [0.4, 0.5) is 28.4 Å². The van der Waals surface area contributed by atoms with E-state index < -0.39 is 0 Å². The summed E-state index contributed by atoms with van der Waals surface area (Å²) < 4.78 is 13.1. The summed E-state index contributed by atoms with van der Waals surface area (Å²) in [6.07, 6.45) is 5.34. The SMILES string of the molecule is C1=Cc2c(oc3ccccc23)C(N(c2ccccc2)c2ccc(-c3cccc(-c4ccc(N(c5ccccc5)c5cccc6c5oc5ccccc56)cc4)c3)cc2)C1. The van der Waals surface area contributed by atoms with Crippen LogP contribution < -0.4 is 9.80 Å². The molecule has 1 aliphatic carbocycles. The van der Waals surface area contributed by atoms with E-state index in [1.54, 1.807) is 0 Å². The van der Waals surface area contributed by atoms with E-state index in [0.29, 0.717) is 0 Å². The maximum Gasteiger partial charge on any atom is 0.159 e. The van der Waals surface area contributed by atoms with E-state index in [1.165, 1.54) is 11.1 Å². The van der Waals surface area contributed by atoms with Crippen molar-refractivity contribution in [2.75, 3.05) is 9.80 Å². The van der Waals surface area contributed by atoms with Crippen molar-refractivity contribution in [1.82, 2.24) is 0 Å². The largest absolute Gasteiger partial charge is 0.458 e. The normalized spacial score (nSPS) is 13.6. The number of anilines is 5. The van der Waals surface area contributed by atoms with Gasteiger partial charge in [0.2, 0.25) is 0 Å². The van der Waals surface area contributed by atoms with Gasteiger partial charge in [-0.15, -0.1) is 0 Å². The predicted octanol–water partition coefficient (Wildman–Crippen LogP) is 15.4. The number of furan rings is 2. The third-order valence-electron chi connectivity index (χ3n) is 11.4. The molecule has 1 aliphatic rings. The lowest BCUT2D eigenvalue weighted by Crippen LogP contribution is -2.24. The van der Waals surface area contributed by atoms with Gasteiger partial charge in [-0.2, -0.15) is 0 Å². The Hall–Kier alpha value is -7.56. The van der Waals surface area contributed by atoms with Crippen molar-refractivity contribution >= 4 is 67.4 Å². The predicted molar refractivity (Wildman–Crippen MR) is 240 cm³/mol. The summed E-state index contributed by atoms with van der Waals surface area (Å²) in [5, 5.41) is 3.38. The molecule has 58 heavy (non-hydrogen) atoms. The van der Waals surface area contributed by atoms with Gasteiger partial charge in [-0.25, -0.2) is 0 Å². The van der Waals surface area contributed by atoms with Crippen LogP contribution in [-0.2, 0) is 0 Å². The first-order valence-electron chi connectivity index (χ1n) is 19.9. The molecule has 0 spiro atoms. The Morgan fingerprint density at radius 3 is 1.66 bits per heavy atom. The summed E-state index contributed by atoms with van der Waals surface area (Å²) in [6.45, 7) is 0. The lowest BCUT2D eigenvalue weighted by molar-refractivity contribution is 0.488. The van der Waals surface area contributed by atoms with Gasteiger partial charge in [0.15, 0.2) is 5.58 Å². The van der Waals surface area contributed by atoms with Gasteiger partial charge in [-0.3, -0.25) is 0 Å². The molecule has 0 saturated carbocycles. The average molecular weight is 747 g/mol. The van der Waals surface area contributed by atoms with E-state index in [1.807, 2.05) is 18.2 Å². The Morgan fingerprint density at radius 2 is 0.948 bits per heavy atom. The highest BCUT2D eigenvalue weighted by Crippen LogP contribution is 2.45. The summed E-state index contributed by atoms with van der Waals surface area (Å²) in [5.41, 5.74) is 13.9. The van der Waals surface area contributed by atoms with Crippen molar-refractivity contribution in [2.24, 2.45) is 0 Å². The molecule has 2 heterocycles. The molecule has 8 aromatic carbocycles. The Labute approximate surface area is 337 Å². The van der Waals surface area contributed by atoms with E-state index in [0.717, 1.165) is 90.2 Å². The topological polar surface area (TPSA) is 32.8 Å². The van der Waals surface area contributed by atoms with Crippen molar-refractivity contribution in [2.45, 2.75) is 12.5 Å². The zero-order valence-corrected chi connectivity index (χ0v) is 31.7. The molecule has 0 saturated heterocycles. The summed E-state index contributed by atoms with van der Waals surface area (Å²) in [6, 6.07) is 70.8. The molecule has 1 atom stereocenters. The second-order valence-corrected chi connectivity index (χ2v) is 14.8. The highest BCUT2D eigenvalue weighted by atomic mass is 16.3. The van der Waals surface area contributed by atoms with Crippen molar-refractivity contribution in [3.8, 4) is 22.3 Å². The molecule has 4 heteroatoms. The fourth-order valence-corrected chi connectivity index (χ4v) is 8.65. The fourth-order valence-electron chi connectivity index (χ4n) is 8.65. The summed E-state index contributed by atoms with van der Waals surface area (Å²) in [4.78, 5) is 4.70. The zero-order chi connectivity index (χ0) is 38.4. The van der Waals surface area contributed by atoms with Gasteiger partial charge in [-0.1, -0.05) is 140 Å². The third-order valence-corrected chi connectivity index (χ3v) is 11.4. The molecule has 1 unspecified atom stereocenters. The van der Waals surface area contributed by atoms with Gasteiger partial charge < -0.3 is 18.6 Å². The zero-order valence-electron chi connectivity index (χ0n) is 31.7. The Balaban J connectivity index is 0.915. The van der Waals surface area contributed by atoms with Gasteiger partial charge in [0.05, 0.1) is 11.7 Å². The lowest BCUT2D eigenvalue weighted by atomic mass is 9.95. The smallest absolute Gasteiger partial charge is 0.159 e. The fraction of sp³-hybridized carbons (Fsp3) is 0.0370. The minimum absolute atomic E-state index is 0.0244. The quantitative estimate of drug-likeness (QED) is 0.155. The number of hydrogen-bond donors (Lipinski definition) is 0. The monoisotopic (exact) mass is 746 g/mol. The van der Waals surface area contributed by atoms with E-state index in [2.05, 4.69) is 204 Å². The third kappa shape index (κ3) is 5.86. The first kappa shape index (κ1) is 33.8. The minimum Gasteiger partial charge on any atom is -0.458 e. The first-order chi connectivity index (χ1) is 28.8. The van der Waals surface area contributed by atoms with Crippen molar-refractivity contribution in [3.05, 3.63) is 218 Å². The van der Waals surface area contributed by atoms with Crippen LogP contribution in [0.1, 0.15) is 23.8 Å². The van der Waals surface area contributed by atoms with Crippen molar-refractivity contribution < 1.29 is 8.83 Å². The number of fused-ring (bicyclic) bond motifs is 6. The second kappa shape index (κ2) is 14.2. The standard InChI is InChI=1S/C54H38N2O2/c1-3-16-41(17-4-1)55(49-24-12-22-47-45-20-7-9-26-51(45)57-53(47)49)43-32-28-37(29-33-43)39-14-11-15-40(36-39)38-30-34-44(35-31-38)56(42-18-5-2-6-19-42)50-25-13-23-48-46-21-8-10-27-52(46)58-54(48)50/h1-24,26-36,50H,25H2.